The molecule has 1 aliphatic rings. The molecular formula is C13H16N2. The van der Waals surface area contributed by atoms with E-state index in [2.05, 4.69) is 41.3 Å². The number of benzene rings is 1. The van der Waals surface area contributed by atoms with Gasteiger partial charge in [-0.3, -0.25) is 4.90 Å². The van der Waals surface area contributed by atoms with Crippen LogP contribution in [0.1, 0.15) is 24.3 Å². The second-order valence-electron chi connectivity index (χ2n) is 4.12. The van der Waals surface area contributed by atoms with E-state index in [1.54, 1.807) is 0 Å². The first kappa shape index (κ1) is 10.2. The Morgan fingerprint density at radius 3 is 2.47 bits per heavy atom. The van der Waals surface area contributed by atoms with Gasteiger partial charge in [-0.1, -0.05) is 30.3 Å². The average Bonchev–Trinajstić information content (AvgIpc) is 2.32. The summed E-state index contributed by atoms with van der Waals surface area (Å²) in [6.45, 7) is 2.71. The minimum absolute atomic E-state index is 0.585. The quantitative estimate of drug-likeness (QED) is 0.685. The van der Waals surface area contributed by atoms with Crippen LogP contribution in [0.2, 0.25) is 0 Å². The van der Waals surface area contributed by atoms with Gasteiger partial charge in [0, 0.05) is 0 Å². The van der Waals surface area contributed by atoms with Crippen molar-refractivity contribution < 1.29 is 0 Å². The van der Waals surface area contributed by atoms with Gasteiger partial charge in [-0.25, -0.2) is 0 Å². The SMILES string of the molecule is N#CCN1CCC(c2ccccc2)CC1. The van der Waals surface area contributed by atoms with Crippen molar-refractivity contribution in [1.29, 1.82) is 5.26 Å². The maximum atomic E-state index is 8.61. The first-order chi connectivity index (χ1) is 7.40. The normalized spacial score (nSPS) is 18.6. The van der Waals surface area contributed by atoms with E-state index >= 15 is 0 Å². The van der Waals surface area contributed by atoms with Crippen LogP contribution in [0, 0.1) is 11.3 Å². The maximum absolute atomic E-state index is 8.61. The second-order valence-corrected chi connectivity index (χ2v) is 4.12. The molecule has 0 amide bonds. The van der Waals surface area contributed by atoms with E-state index in [0.29, 0.717) is 12.5 Å². The fraction of sp³-hybridized carbons (Fsp3) is 0.462. The molecule has 78 valence electrons. The molecule has 1 fully saturated rings. The Morgan fingerprint density at radius 2 is 1.87 bits per heavy atom. The largest absolute Gasteiger partial charge is 0.291 e. The van der Waals surface area contributed by atoms with E-state index in [-0.39, 0.29) is 0 Å². The highest BCUT2D eigenvalue weighted by Gasteiger charge is 2.19. The molecule has 1 aromatic rings. The van der Waals surface area contributed by atoms with Crippen molar-refractivity contribution in [2.24, 2.45) is 0 Å². The molecule has 1 saturated heterocycles. The molecule has 0 aliphatic carbocycles. The number of hydrogen-bond donors (Lipinski definition) is 0. The standard InChI is InChI=1S/C13H16N2/c14-8-11-15-9-6-13(7-10-15)12-4-2-1-3-5-12/h1-5,13H,6-7,9-11H2. The Hall–Kier alpha value is -1.33. The van der Waals surface area contributed by atoms with Crippen molar-refractivity contribution in [2.75, 3.05) is 19.6 Å². The van der Waals surface area contributed by atoms with E-state index in [1.165, 1.54) is 18.4 Å². The summed E-state index contributed by atoms with van der Waals surface area (Å²) in [5.41, 5.74) is 1.45. The van der Waals surface area contributed by atoms with Crippen LogP contribution in [0.15, 0.2) is 30.3 Å². The van der Waals surface area contributed by atoms with Gasteiger partial charge in [-0.15, -0.1) is 0 Å². The summed E-state index contributed by atoms with van der Waals surface area (Å²) >= 11 is 0. The monoisotopic (exact) mass is 200 g/mol. The van der Waals surface area contributed by atoms with Gasteiger partial charge < -0.3 is 0 Å². The summed E-state index contributed by atoms with van der Waals surface area (Å²) in [7, 11) is 0. The molecule has 0 unspecified atom stereocenters. The number of nitrogens with zero attached hydrogens (tertiary/aromatic N) is 2. The zero-order valence-electron chi connectivity index (χ0n) is 8.89. The van der Waals surface area contributed by atoms with Gasteiger partial charge in [-0.05, 0) is 37.4 Å². The van der Waals surface area contributed by atoms with Gasteiger partial charge in [0.15, 0.2) is 0 Å². The molecule has 0 radical (unpaired) electrons. The first-order valence-corrected chi connectivity index (χ1v) is 5.54. The highest BCUT2D eigenvalue weighted by molar-refractivity contribution is 5.20. The summed E-state index contributed by atoms with van der Waals surface area (Å²) in [6.07, 6.45) is 2.37. The molecule has 2 heteroatoms. The highest BCUT2D eigenvalue weighted by atomic mass is 15.1. The van der Waals surface area contributed by atoms with Crippen LogP contribution in [0.5, 0.6) is 0 Å². The molecule has 0 atom stereocenters. The van der Waals surface area contributed by atoms with Gasteiger partial charge in [0.2, 0.25) is 0 Å². The topological polar surface area (TPSA) is 27.0 Å². The minimum Gasteiger partial charge on any atom is -0.291 e. The van der Waals surface area contributed by atoms with Gasteiger partial charge >= 0.3 is 0 Å². The molecule has 1 aliphatic heterocycles. The molecule has 0 bridgehead atoms. The average molecular weight is 200 g/mol. The van der Waals surface area contributed by atoms with Crippen LogP contribution < -0.4 is 0 Å². The number of hydrogen-bond acceptors (Lipinski definition) is 2. The summed E-state index contributed by atoms with van der Waals surface area (Å²) < 4.78 is 0. The molecular weight excluding hydrogens is 184 g/mol. The predicted octanol–water partition coefficient (Wildman–Crippen LogP) is 2.39. The lowest BCUT2D eigenvalue weighted by atomic mass is 9.89. The third-order valence-corrected chi connectivity index (χ3v) is 3.15. The van der Waals surface area contributed by atoms with Crippen LogP contribution >= 0.6 is 0 Å². The zero-order chi connectivity index (χ0) is 10.5. The number of piperidine rings is 1. The lowest BCUT2D eigenvalue weighted by molar-refractivity contribution is 0.235. The Bertz CT molecular complexity index is 331. The maximum Gasteiger partial charge on any atom is 0.0865 e. The predicted molar refractivity (Wildman–Crippen MR) is 60.5 cm³/mol. The van der Waals surface area contributed by atoms with Crippen molar-refractivity contribution in [2.45, 2.75) is 18.8 Å². The zero-order valence-corrected chi connectivity index (χ0v) is 8.89. The first-order valence-electron chi connectivity index (χ1n) is 5.54. The van der Waals surface area contributed by atoms with E-state index < -0.39 is 0 Å². The minimum atomic E-state index is 0.585. The van der Waals surface area contributed by atoms with Crippen LogP contribution in [0.4, 0.5) is 0 Å². The van der Waals surface area contributed by atoms with Gasteiger partial charge in [0.1, 0.15) is 0 Å². The van der Waals surface area contributed by atoms with Crippen LogP contribution in [0.3, 0.4) is 0 Å². The van der Waals surface area contributed by atoms with Crippen molar-refractivity contribution in [3.8, 4) is 6.07 Å². The fourth-order valence-corrected chi connectivity index (χ4v) is 2.25. The number of likely N-dealkylation sites (tertiary alicyclic amines) is 1. The van der Waals surface area contributed by atoms with E-state index in [9.17, 15) is 0 Å². The summed E-state index contributed by atoms with van der Waals surface area (Å²) in [5, 5.41) is 8.61. The Balaban J connectivity index is 1.92. The van der Waals surface area contributed by atoms with Gasteiger partial charge in [0.25, 0.3) is 0 Å². The molecule has 2 rings (SSSR count). The van der Waals surface area contributed by atoms with E-state index in [0.717, 1.165) is 13.1 Å². The number of nitriles is 1. The Labute approximate surface area is 91.1 Å². The van der Waals surface area contributed by atoms with E-state index in [1.807, 2.05) is 0 Å². The summed E-state index contributed by atoms with van der Waals surface area (Å²) in [5.74, 6) is 0.696. The van der Waals surface area contributed by atoms with Crippen molar-refractivity contribution in [1.82, 2.24) is 4.90 Å². The Kier molecular flexibility index (Phi) is 3.37. The molecule has 15 heavy (non-hydrogen) atoms. The highest BCUT2D eigenvalue weighted by Crippen LogP contribution is 2.27. The van der Waals surface area contributed by atoms with Crippen LogP contribution in [-0.2, 0) is 0 Å². The molecule has 2 nitrogen and oxygen atoms in total. The third-order valence-electron chi connectivity index (χ3n) is 3.15. The fourth-order valence-electron chi connectivity index (χ4n) is 2.25. The molecule has 0 spiro atoms. The van der Waals surface area contributed by atoms with Crippen LogP contribution in [-0.4, -0.2) is 24.5 Å². The molecule has 1 heterocycles. The summed E-state index contributed by atoms with van der Waals surface area (Å²) in [4.78, 5) is 2.24. The second kappa shape index (κ2) is 4.95. The van der Waals surface area contributed by atoms with Crippen molar-refractivity contribution in [3.05, 3.63) is 35.9 Å². The Morgan fingerprint density at radius 1 is 1.20 bits per heavy atom. The lowest BCUT2D eigenvalue weighted by Gasteiger charge is -2.30. The van der Waals surface area contributed by atoms with Gasteiger partial charge in [0.05, 0.1) is 12.6 Å². The molecule has 0 aromatic heterocycles. The van der Waals surface area contributed by atoms with Crippen molar-refractivity contribution >= 4 is 0 Å². The molecule has 0 N–H and O–H groups in total. The third kappa shape index (κ3) is 2.57. The van der Waals surface area contributed by atoms with Gasteiger partial charge in [-0.2, -0.15) is 5.26 Å². The summed E-state index contributed by atoms with van der Waals surface area (Å²) in [6, 6.07) is 12.9. The smallest absolute Gasteiger partial charge is 0.0865 e. The van der Waals surface area contributed by atoms with Crippen LogP contribution in [0.25, 0.3) is 0 Å². The lowest BCUT2D eigenvalue weighted by Crippen LogP contribution is -2.33. The van der Waals surface area contributed by atoms with E-state index in [4.69, 9.17) is 5.26 Å². The molecule has 0 saturated carbocycles. The number of rotatable bonds is 2. The van der Waals surface area contributed by atoms with Crippen molar-refractivity contribution in [3.63, 3.8) is 0 Å². The molecule has 1 aromatic carbocycles.